The Labute approximate surface area is 752 Å². The van der Waals surface area contributed by atoms with Gasteiger partial charge >= 0.3 is 63.4 Å². The summed E-state index contributed by atoms with van der Waals surface area (Å²) in [5.41, 5.74) is 32.7. The zero-order valence-electron chi connectivity index (χ0n) is 70.3. The standard InChI is InChI=1S/3C36H29O4P.Gd/c3*1-21-7-5-8-22(2)33(21)27-11-15-29-25(19-27)13-17-31-35(29)36-30-16-12-28(34-23(3)9-6-10-24(34)4)20-26(30)14-18-32(36)40-41(37,38)39-31;/h3*5-20H,1-4H3,(H,37,38);/q;;;+3/p-3. The van der Waals surface area contributed by atoms with E-state index >= 15 is 0 Å². The fourth-order valence-corrected chi connectivity index (χ4v) is 21.7. The van der Waals surface area contributed by atoms with Gasteiger partial charge in [0.1, 0.15) is 34.5 Å². The normalized spacial score (nSPS) is 13.6. The van der Waals surface area contributed by atoms with Crippen LogP contribution in [0.1, 0.15) is 66.8 Å². The molecule has 18 aromatic carbocycles. The Bertz CT molecular complexity index is 6440. The number of rotatable bonds is 6. The first-order valence-corrected chi connectivity index (χ1v) is 45.4. The van der Waals surface area contributed by atoms with E-state index in [2.05, 4.69) is 301 Å². The molecule has 18 aromatic rings. The Kier molecular flexibility index (Phi) is 21.7. The first-order chi connectivity index (χ1) is 59.1. The molecule has 1 radical (unpaired) electrons. The average Bonchev–Trinajstić information content (AvgIpc) is 1.59. The van der Waals surface area contributed by atoms with E-state index in [0.29, 0.717) is 33.4 Å². The predicted octanol–water partition coefficient (Wildman–Crippen LogP) is 28.4. The molecule has 12 nitrogen and oxygen atoms in total. The molecule has 0 unspecified atom stereocenters. The SMILES string of the molecule is Cc1cccc(C)c1-c1ccc2c3c(ccc2c1)OP(=O)([O-])Oc1ccc2cc(-c4c(C)cccc4C)ccc2c1-3.Cc1cccc(C)c1-c1ccc2c3c(ccc2c1)OP(=O)([O-])Oc1ccc2cc(-c4c(C)cccc4C)ccc2c1-3.Cc1cccc(C)c1-c1ccc2c3c(ccc2c1)OP(=O)([O-])Oc1ccc2cc(-c4c(C)cccc4C)ccc2c1-3.[Gd+3]. The molecule has 16 heteroatoms. The second-order valence-electron chi connectivity index (χ2n) is 32.7. The van der Waals surface area contributed by atoms with E-state index in [4.69, 9.17) is 27.1 Å². The number of phosphoric acid groups is 3. The summed E-state index contributed by atoms with van der Waals surface area (Å²) in [6.07, 6.45) is 0. The van der Waals surface area contributed by atoms with Crippen LogP contribution in [0.4, 0.5) is 0 Å². The Hall–Kier alpha value is -11.8. The van der Waals surface area contributed by atoms with Crippen LogP contribution in [0.15, 0.2) is 291 Å². The van der Waals surface area contributed by atoms with Crippen LogP contribution in [0.5, 0.6) is 34.5 Å². The minimum Gasteiger partial charge on any atom is -0.736 e. The van der Waals surface area contributed by atoms with Gasteiger partial charge in [0.15, 0.2) is 0 Å². The number of hydrogen-bond donors (Lipinski definition) is 0. The van der Waals surface area contributed by atoms with Gasteiger partial charge in [-0.2, -0.15) is 0 Å². The average molecular weight is 1820 g/mol. The van der Waals surface area contributed by atoms with Crippen LogP contribution < -0.4 is 41.8 Å². The molecule has 0 fully saturated rings. The topological polar surface area (TPSA) is 176 Å². The molecule has 124 heavy (non-hydrogen) atoms. The van der Waals surface area contributed by atoms with Crippen LogP contribution in [0.25, 0.3) is 165 Å². The number of hydrogen-bond acceptors (Lipinski definition) is 12. The summed E-state index contributed by atoms with van der Waals surface area (Å²) >= 11 is 0. The molecular formula is C108H84GdO12P3. The van der Waals surface area contributed by atoms with Crippen molar-refractivity contribution >= 4 is 88.1 Å². The molecule has 0 saturated carbocycles. The molecule has 0 atom stereocenters. The van der Waals surface area contributed by atoms with Gasteiger partial charge < -0.3 is 41.8 Å². The minimum absolute atomic E-state index is 0. The van der Waals surface area contributed by atoms with E-state index in [0.717, 1.165) is 98.0 Å². The molecule has 0 aliphatic carbocycles. The Morgan fingerprint density at radius 3 is 0.435 bits per heavy atom. The van der Waals surface area contributed by atoms with Crippen LogP contribution in [-0.4, -0.2) is 0 Å². The summed E-state index contributed by atoms with van der Waals surface area (Å²) in [6, 6.07) is 97.8. The third-order valence-corrected chi connectivity index (χ3v) is 27.0. The van der Waals surface area contributed by atoms with Crippen molar-refractivity contribution in [3.05, 3.63) is 358 Å². The maximum atomic E-state index is 12.9. The van der Waals surface area contributed by atoms with Crippen molar-refractivity contribution in [3.8, 4) is 135 Å². The molecular weight excluding hydrogens is 1740 g/mol. The van der Waals surface area contributed by atoms with E-state index in [9.17, 15) is 28.4 Å². The quantitative estimate of drug-likeness (QED) is 0.144. The Balaban J connectivity index is 0.000000126. The van der Waals surface area contributed by atoms with Crippen molar-refractivity contribution in [2.45, 2.75) is 83.1 Å². The summed E-state index contributed by atoms with van der Waals surface area (Å²) in [5, 5.41) is 11.3. The molecule has 3 aliphatic rings. The monoisotopic (exact) mass is 1820 g/mol. The molecule has 0 bridgehead atoms. The van der Waals surface area contributed by atoms with Crippen LogP contribution in [0.2, 0.25) is 0 Å². The van der Waals surface area contributed by atoms with E-state index in [1.165, 1.54) is 100 Å². The molecule has 611 valence electrons. The van der Waals surface area contributed by atoms with Crippen molar-refractivity contribution in [1.82, 2.24) is 0 Å². The molecule has 0 saturated heterocycles. The molecule has 0 aromatic heterocycles. The van der Waals surface area contributed by atoms with E-state index in [1.807, 2.05) is 36.4 Å². The van der Waals surface area contributed by atoms with E-state index in [1.54, 1.807) is 36.4 Å². The molecule has 21 rings (SSSR count). The van der Waals surface area contributed by atoms with Crippen molar-refractivity contribution < 1.29 is 95.5 Å². The Morgan fingerprint density at radius 2 is 0.306 bits per heavy atom. The van der Waals surface area contributed by atoms with Gasteiger partial charge in [-0.15, -0.1) is 0 Å². The fraction of sp³-hybridized carbons (Fsp3) is 0.111. The number of phosphoric ester groups is 3. The van der Waals surface area contributed by atoms with Crippen LogP contribution >= 0.6 is 23.5 Å². The molecule has 3 heterocycles. The Morgan fingerprint density at radius 1 is 0.177 bits per heavy atom. The van der Waals surface area contributed by atoms with Gasteiger partial charge in [-0.3, -0.25) is 0 Å². The maximum absolute atomic E-state index is 12.9. The summed E-state index contributed by atoms with van der Waals surface area (Å²) in [5.74, 6) is 1.59. The van der Waals surface area contributed by atoms with Gasteiger partial charge in [0.2, 0.25) is 0 Å². The predicted molar refractivity (Wildman–Crippen MR) is 497 cm³/mol. The van der Waals surface area contributed by atoms with Crippen molar-refractivity contribution in [3.63, 3.8) is 0 Å². The largest absolute Gasteiger partial charge is 3.00 e. The van der Waals surface area contributed by atoms with Gasteiger partial charge in [0.05, 0.1) is 0 Å². The van der Waals surface area contributed by atoms with Crippen LogP contribution in [-0.2, 0) is 13.7 Å². The van der Waals surface area contributed by atoms with Crippen molar-refractivity contribution in [2.75, 3.05) is 0 Å². The third kappa shape index (κ3) is 15.2. The number of fused-ring (bicyclic) bond motifs is 21. The molecule has 3 aliphatic heterocycles. The fourth-order valence-electron chi connectivity index (χ4n) is 19.2. The van der Waals surface area contributed by atoms with Crippen LogP contribution in [0.3, 0.4) is 0 Å². The third-order valence-electron chi connectivity index (χ3n) is 24.5. The van der Waals surface area contributed by atoms with Crippen LogP contribution in [0, 0.1) is 123 Å². The summed E-state index contributed by atoms with van der Waals surface area (Å²) < 4.78 is 71.9. The zero-order valence-corrected chi connectivity index (χ0v) is 75.3. The van der Waals surface area contributed by atoms with Gasteiger partial charge in [0.25, 0.3) is 0 Å². The van der Waals surface area contributed by atoms with Gasteiger partial charge in [-0.25, -0.2) is 13.7 Å². The molecule has 0 spiro atoms. The minimum atomic E-state index is -4.64. The molecule has 0 amide bonds. The number of benzene rings is 18. The zero-order chi connectivity index (χ0) is 85.4. The number of aryl methyl sites for hydroxylation is 12. The van der Waals surface area contributed by atoms with E-state index in [-0.39, 0.29) is 74.4 Å². The van der Waals surface area contributed by atoms with Gasteiger partial charge in [-0.1, -0.05) is 218 Å². The maximum Gasteiger partial charge on any atom is 3.00 e. The first kappa shape index (κ1) is 83.1. The van der Waals surface area contributed by atoms with Crippen molar-refractivity contribution in [1.29, 1.82) is 0 Å². The van der Waals surface area contributed by atoms with E-state index < -0.39 is 23.5 Å². The van der Waals surface area contributed by atoms with Gasteiger partial charge in [-0.05, 0) is 354 Å². The summed E-state index contributed by atoms with van der Waals surface area (Å²) in [6.45, 7) is 25.4. The summed E-state index contributed by atoms with van der Waals surface area (Å²) in [4.78, 5) is 38.6. The second-order valence-corrected chi connectivity index (χ2v) is 36.5. The molecule has 0 N–H and O–H groups in total. The smallest absolute Gasteiger partial charge is 0.736 e. The van der Waals surface area contributed by atoms with Crippen molar-refractivity contribution in [2.24, 2.45) is 0 Å². The van der Waals surface area contributed by atoms with Gasteiger partial charge in [0, 0.05) is 33.4 Å². The first-order valence-electron chi connectivity index (χ1n) is 41.0. The summed E-state index contributed by atoms with van der Waals surface area (Å²) in [7, 11) is -13.9. The second kappa shape index (κ2) is 32.4.